The molecule has 0 bridgehead atoms. The van der Waals surface area contributed by atoms with Crippen LogP contribution in [0.2, 0.25) is 0 Å². The molecule has 6 nitrogen and oxygen atoms in total. The van der Waals surface area contributed by atoms with Crippen LogP contribution in [0.1, 0.15) is 32.1 Å². The topological polar surface area (TPSA) is 67.3 Å². The Kier molecular flexibility index (Phi) is 4.65. The van der Waals surface area contributed by atoms with E-state index >= 15 is 0 Å². The van der Waals surface area contributed by atoms with E-state index in [1.807, 2.05) is 17.0 Å². The van der Waals surface area contributed by atoms with Crippen LogP contribution < -0.4 is 5.32 Å². The molecule has 2 fully saturated rings. The summed E-state index contributed by atoms with van der Waals surface area (Å²) in [5, 5.41) is 11.3. The van der Waals surface area contributed by atoms with Gasteiger partial charge in [0.15, 0.2) is 0 Å². The number of hydrogen-bond acceptors (Lipinski definition) is 5. The first kappa shape index (κ1) is 14.3. The van der Waals surface area contributed by atoms with Gasteiger partial charge in [0, 0.05) is 31.9 Å². The highest BCUT2D eigenvalue weighted by Gasteiger charge is 2.26. The van der Waals surface area contributed by atoms with E-state index in [0.29, 0.717) is 12.5 Å². The van der Waals surface area contributed by atoms with Crippen molar-refractivity contribution in [1.82, 2.24) is 15.1 Å². The largest absolute Gasteiger partial charge is 0.378 e. The zero-order valence-corrected chi connectivity index (χ0v) is 12.2. The summed E-state index contributed by atoms with van der Waals surface area (Å²) in [4.78, 5) is 14.2. The molecule has 2 aliphatic rings. The predicted molar refractivity (Wildman–Crippen MR) is 78.8 cm³/mol. The minimum Gasteiger partial charge on any atom is -0.378 e. The number of nitrogens with zero attached hydrogens (tertiary/aromatic N) is 3. The van der Waals surface area contributed by atoms with Crippen LogP contribution in [-0.4, -0.2) is 52.8 Å². The van der Waals surface area contributed by atoms with Gasteiger partial charge in [-0.2, -0.15) is 5.10 Å². The molecule has 3 rings (SSSR count). The van der Waals surface area contributed by atoms with Gasteiger partial charge in [-0.3, -0.25) is 4.79 Å². The highest BCUT2D eigenvalue weighted by molar-refractivity contribution is 5.76. The van der Waals surface area contributed by atoms with Gasteiger partial charge >= 0.3 is 0 Å². The maximum atomic E-state index is 12.2. The van der Waals surface area contributed by atoms with Gasteiger partial charge in [0.1, 0.15) is 5.82 Å². The summed E-state index contributed by atoms with van der Waals surface area (Å²) in [5.74, 6) is 1.04. The molecule has 3 heterocycles. The van der Waals surface area contributed by atoms with Gasteiger partial charge < -0.3 is 15.0 Å². The molecule has 114 valence electrons. The van der Waals surface area contributed by atoms with Crippen LogP contribution in [0.3, 0.4) is 0 Å². The van der Waals surface area contributed by atoms with E-state index < -0.39 is 0 Å². The van der Waals surface area contributed by atoms with E-state index in [4.69, 9.17) is 4.74 Å². The molecule has 1 N–H and O–H groups in total. The number of amides is 1. The fourth-order valence-corrected chi connectivity index (χ4v) is 2.99. The fourth-order valence-electron chi connectivity index (χ4n) is 2.99. The maximum absolute atomic E-state index is 12.2. The Morgan fingerprint density at radius 2 is 2.24 bits per heavy atom. The SMILES string of the molecule is O=C(CC1CCCO1)N1CCC(Nc2cccnn2)CC1. The van der Waals surface area contributed by atoms with Crippen molar-refractivity contribution in [1.29, 1.82) is 0 Å². The molecule has 0 aliphatic carbocycles. The van der Waals surface area contributed by atoms with Gasteiger partial charge in [-0.15, -0.1) is 5.10 Å². The molecule has 2 saturated heterocycles. The summed E-state index contributed by atoms with van der Waals surface area (Å²) in [6, 6.07) is 4.16. The van der Waals surface area contributed by atoms with Crippen molar-refractivity contribution in [3.05, 3.63) is 18.3 Å². The van der Waals surface area contributed by atoms with Crippen LogP contribution in [0.5, 0.6) is 0 Å². The lowest BCUT2D eigenvalue weighted by Gasteiger charge is -2.33. The second kappa shape index (κ2) is 6.85. The molecule has 0 spiro atoms. The van der Waals surface area contributed by atoms with E-state index in [0.717, 1.165) is 51.2 Å². The summed E-state index contributed by atoms with van der Waals surface area (Å²) in [7, 11) is 0. The van der Waals surface area contributed by atoms with Crippen LogP contribution in [0, 0.1) is 0 Å². The number of rotatable bonds is 4. The normalized spacial score (nSPS) is 23.2. The summed E-state index contributed by atoms with van der Waals surface area (Å²) < 4.78 is 5.54. The number of likely N-dealkylation sites (tertiary alicyclic amines) is 1. The number of aromatic nitrogens is 2. The van der Waals surface area contributed by atoms with Gasteiger partial charge in [-0.25, -0.2) is 0 Å². The molecular formula is C15H22N4O2. The van der Waals surface area contributed by atoms with E-state index in [9.17, 15) is 4.79 Å². The number of piperidine rings is 1. The summed E-state index contributed by atoms with van der Waals surface area (Å²) >= 11 is 0. The Morgan fingerprint density at radius 3 is 2.90 bits per heavy atom. The molecule has 1 amide bonds. The molecular weight excluding hydrogens is 268 g/mol. The van der Waals surface area contributed by atoms with Crippen molar-refractivity contribution in [3.63, 3.8) is 0 Å². The maximum Gasteiger partial charge on any atom is 0.225 e. The van der Waals surface area contributed by atoms with Crippen LogP contribution in [0.4, 0.5) is 5.82 Å². The highest BCUT2D eigenvalue weighted by atomic mass is 16.5. The first-order valence-electron chi connectivity index (χ1n) is 7.75. The van der Waals surface area contributed by atoms with Crippen molar-refractivity contribution in [3.8, 4) is 0 Å². The van der Waals surface area contributed by atoms with Crippen molar-refractivity contribution in [2.24, 2.45) is 0 Å². The first-order chi connectivity index (χ1) is 10.3. The number of hydrogen-bond donors (Lipinski definition) is 1. The molecule has 1 aromatic rings. The molecule has 6 heteroatoms. The third-order valence-electron chi connectivity index (χ3n) is 4.20. The second-order valence-corrected chi connectivity index (χ2v) is 5.75. The average Bonchev–Trinajstić information content (AvgIpc) is 3.02. The van der Waals surface area contributed by atoms with E-state index in [1.165, 1.54) is 0 Å². The van der Waals surface area contributed by atoms with E-state index in [-0.39, 0.29) is 12.0 Å². The number of ether oxygens (including phenoxy) is 1. The number of nitrogens with one attached hydrogen (secondary N) is 1. The standard InChI is InChI=1S/C15H22N4O2/c20-15(11-13-3-2-10-21-13)19-8-5-12(6-9-19)17-14-4-1-7-16-18-14/h1,4,7,12-13H,2-3,5-6,8-11H2,(H,17,18). The van der Waals surface area contributed by atoms with Crippen LogP contribution >= 0.6 is 0 Å². The van der Waals surface area contributed by atoms with E-state index in [1.54, 1.807) is 6.20 Å². The molecule has 0 aromatic carbocycles. The van der Waals surface area contributed by atoms with Gasteiger partial charge in [-0.1, -0.05) is 0 Å². The quantitative estimate of drug-likeness (QED) is 0.909. The summed E-state index contributed by atoms with van der Waals surface area (Å²) in [6.45, 7) is 2.43. The molecule has 2 aliphatic heterocycles. The molecule has 1 atom stereocenters. The first-order valence-corrected chi connectivity index (χ1v) is 7.75. The van der Waals surface area contributed by atoms with Gasteiger partial charge in [0.05, 0.1) is 12.5 Å². The third-order valence-corrected chi connectivity index (χ3v) is 4.20. The Morgan fingerprint density at radius 1 is 1.38 bits per heavy atom. The Labute approximate surface area is 124 Å². The van der Waals surface area contributed by atoms with Gasteiger partial charge in [-0.05, 0) is 37.8 Å². The Bertz CT molecular complexity index is 454. The lowest BCUT2D eigenvalue weighted by molar-refractivity contribution is -0.134. The summed E-state index contributed by atoms with van der Waals surface area (Å²) in [6.07, 6.45) is 6.37. The highest BCUT2D eigenvalue weighted by Crippen LogP contribution is 2.19. The van der Waals surface area contributed by atoms with Crippen LogP contribution in [0.25, 0.3) is 0 Å². The molecule has 0 radical (unpaired) electrons. The Balaban J connectivity index is 1.43. The fraction of sp³-hybridized carbons (Fsp3) is 0.667. The van der Waals surface area contributed by atoms with E-state index in [2.05, 4.69) is 15.5 Å². The van der Waals surface area contributed by atoms with Crippen LogP contribution in [0.15, 0.2) is 18.3 Å². The lowest BCUT2D eigenvalue weighted by Crippen LogP contribution is -2.43. The lowest BCUT2D eigenvalue weighted by atomic mass is 10.0. The molecule has 1 aromatic heterocycles. The number of anilines is 1. The third kappa shape index (κ3) is 3.91. The zero-order chi connectivity index (χ0) is 14.5. The average molecular weight is 290 g/mol. The number of carbonyl (C=O) groups excluding carboxylic acids is 1. The van der Waals surface area contributed by atoms with Crippen molar-refractivity contribution in [2.45, 2.75) is 44.2 Å². The Hall–Kier alpha value is -1.69. The smallest absolute Gasteiger partial charge is 0.225 e. The van der Waals surface area contributed by atoms with Crippen molar-refractivity contribution < 1.29 is 9.53 Å². The number of carbonyl (C=O) groups is 1. The molecule has 0 saturated carbocycles. The zero-order valence-electron chi connectivity index (χ0n) is 12.2. The van der Waals surface area contributed by atoms with Gasteiger partial charge in [0.2, 0.25) is 5.91 Å². The summed E-state index contributed by atoms with van der Waals surface area (Å²) in [5.41, 5.74) is 0. The molecule has 21 heavy (non-hydrogen) atoms. The minimum absolute atomic E-state index is 0.146. The minimum atomic E-state index is 0.146. The van der Waals surface area contributed by atoms with Crippen molar-refractivity contribution >= 4 is 11.7 Å². The predicted octanol–water partition coefficient (Wildman–Crippen LogP) is 1.45. The van der Waals surface area contributed by atoms with Gasteiger partial charge in [0.25, 0.3) is 0 Å². The second-order valence-electron chi connectivity index (χ2n) is 5.75. The van der Waals surface area contributed by atoms with Crippen molar-refractivity contribution in [2.75, 3.05) is 25.0 Å². The van der Waals surface area contributed by atoms with Crippen LogP contribution in [-0.2, 0) is 9.53 Å². The molecule has 1 unspecified atom stereocenters. The monoisotopic (exact) mass is 290 g/mol.